The summed E-state index contributed by atoms with van der Waals surface area (Å²) >= 11 is 1.27. The Morgan fingerprint density at radius 2 is 1.84 bits per heavy atom. The lowest BCUT2D eigenvalue weighted by atomic mass is 10.2. The lowest BCUT2D eigenvalue weighted by molar-refractivity contribution is -0.384. The van der Waals surface area contributed by atoms with Crippen LogP contribution in [0.3, 0.4) is 0 Å². The number of aromatic nitrogens is 1. The maximum atomic E-state index is 12.5. The molecule has 1 amide bonds. The fourth-order valence-electron chi connectivity index (χ4n) is 3.48. The second kappa shape index (κ2) is 8.16. The highest BCUT2D eigenvalue weighted by Crippen LogP contribution is 2.29. The van der Waals surface area contributed by atoms with Crippen molar-refractivity contribution in [2.75, 3.05) is 0 Å². The van der Waals surface area contributed by atoms with Crippen LogP contribution in [0.4, 0.5) is 5.69 Å². The third kappa shape index (κ3) is 4.10. The first-order valence-electron chi connectivity index (χ1n) is 9.61. The van der Waals surface area contributed by atoms with Crippen molar-refractivity contribution >= 4 is 39.2 Å². The third-order valence-electron chi connectivity index (χ3n) is 5.07. The smallest absolute Gasteiger partial charge is 0.281 e. The number of carbonyl (C=O) groups is 1. The summed E-state index contributed by atoms with van der Waals surface area (Å²) in [6.45, 7) is 6.09. The molecule has 31 heavy (non-hydrogen) atoms. The first-order chi connectivity index (χ1) is 14.8. The van der Waals surface area contributed by atoms with Crippen LogP contribution in [-0.2, 0) is 0 Å². The maximum absolute atomic E-state index is 12.5. The predicted octanol–water partition coefficient (Wildman–Crippen LogP) is 5.29. The van der Waals surface area contributed by atoms with E-state index in [0.29, 0.717) is 10.3 Å². The number of benzene rings is 2. The molecule has 0 bridgehead atoms. The predicted molar refractivity (Wildman–Crippen MR) is 124 cm³/mol. The summed E-state index contributed by atoms with van der Waals surface area (Å²) in [7, 11) is 0. The van der Waals surface area contributed by atoms with Crippen LogP contribution in [0.5, 0.6) is 0 Å². The van der Waals surface area contributed by atoms with Gasteiger partial charge in [0.15, 0.2) is 0 Å². The number of fused-ring (bicyclic) bond motifs is 1. The van der Waals surface area contributed by atoms with Crippen molar-refractivity contribution in [1.82, 2.24) is 9.99 Å². The molecule has 8 heteroatoms. The van der Waals surface area contributed by atoms with Gasteiger partial charge in [0.25, 0.3) is 11.6 Å². The van der Waals surface area contributed by atoms with E-state index in [1.807, 2.05) is 19.9 Å². The van der Waals surface area contributed by atoms with E-state index in [0.717, 1.165) is 27.3 Å². The Balaban J connectivity index is 1.51. The van der Waals surface area contributed by atoms with E-state index in [-0.39, 0.29) is 11.6 Å². The molecular weight excluding hydrogens is 412 g/mol. The minimum atomic E-state index is -0.450. The Morgan fingerprint density at radius 1 is 1.10 bits per heavy atom. The fraction of sp³-hybridized carbons (Fsp3) is 0.130. The quantitative estimate of drug-likeness (QED) is 0.264. The van der Waals surface area contributed by atoms with Gasteiger partial charge in [-0.1, -0.05) is 17.7 Å². The van der Waals surface area contributed by atoms with Gasteiger partial charge in [0.05, 0.1) is 16.0 Å². The number of hydrazone groups is 1. The summed E-state index contributed by atoms with van der Waals surface area (Å²) in [4.78, 5) is 23.4. The van der Waals surface area contributed by atoms with Gasteiger partial charge in [-0.25, -0.2) is 5.43 Å². The Morgan fingerprint density at radius 3 is 2.55 bits per heavy atom. The number of aryl methyl sites for hydroxylation is 2. The molecule has 0 saturated heterocycles. The SMILES string of the molecule is Cc1ccc(-n2c(C)cc(C=NNC(=O)c3cc4cc([N+](=O)[O-])ccc4s3)c2C)cc1. The number of thiophene rings is 1. The van der Waals surface area contributed by atoms with Gasteiger partial charge in [-0.3, -0.25) is 14.9 Å². The van der Waals surface area contributed by atoms with Crippen molar-refractivity contribution in [2.24, 2.45) is 5.10 Å². The molecule has 0 saturated carbocycles. The number of nitro benzene ring substituents is 1. The molecule has 0 unspecified atom stereocenters. The highest BCUT2D eigenvalue weighted by Gasteiger charge is 2.13. The number of non-ortho nitro benzene ring substituents is 1. The van der Waals surface area contributed by atoms with Crippen LogP contribution in [0.25, 0.3) is 15.8 Å². The van der Waals surface area contributed by atoms with E-state index < -0.39 is 4.92 Å². The lowest BCUT2D eigenvalue weighted by Crippen LogP contribution is -2.16. The molecule has 0 aliphatic rings. The zero-order chi connectivity index (χ0) is 22.1. The number of amides is 1. The molecular formula is C23H20N4O3S. The third-order valence-corrected chi connectivity index (χ3v) is 6.18. The summed E-state index contributed by atoms with van der Waals surface area (Å²) in [5.41, 5.74) is 7.82. The van der Waals surface area contributed by atoms with Crippen LogP contribution in [0, 0.1) is 30.9 Å². The summed E-state index contributed by atoms with van der Waals surface area (Å²) in [5, 5.41) is 15.7. The summed E-state index contributed by atoms with van der Waals surface area (Å²) in [6, 6.07) is 16.5. The summed E-state index contributed by atoms with van der Waals surface area (Å²) < 4.78 is 2.95. The van der Waals surface area contributed by atoms with Gasteiger partial charge in [0.2, 0.25) is 0 Å². The van der Waals surface area contributed by atoms with E-state index in [2.05, 4.69) is 46.3 Å². The average Bonchev–Trinajstić information content (AvgIpc) is 3.29. The number of rotatable bonds is 5. The largest absolute Gasteiger partial charge is 0.318 e. The van der Waals surface area contributed by atoms with Gasteiger partial charge >= 0.3 is 0 Å². The first kappa shape index (κ1) is 20.5. The molecule has 2 heterocycles. The minimum Gasteiger partial charge on any atom is -0.318 e. The van der Waals surface area contributed by atoms with Crippen LogP contribution < -0.4 is 5.43 Å². The number of nitro groups is 1. The molecule has 4 aromatic rings. The van der Waals surface area contributed by atoms with Gasteiger partial charge < -0.3 is 4.57 Å². The molecule has 0 aliphatic carbocycles. The number of nitrogens with one attached hydrogen (secondary N) is 1. The van der Waals surface area contributed by atoms with E-state index in [4.69, 9.17) is 0 Å². The fourth-order valence-corrected chi connectivity index (χ4v) is 4.41. The van der Waals surface area contributed by atoms with Crippen molar-refractivity contribution in [3.8, 4) is 5.69 Å². The number of nitrogens with zero attached hydrogens (tertiary/aromatic N) is 3. The van der Waals surface area contributed by atoms with Gasteiger partial charge in [-0.15, -0.1) is 11.3 Å². The topological polar surface area (TPSA) is 89.5 Å². The van der Waals surface area contributed by atoms with Crippen molar-refractivity contribution in [1.29, 1.82) is 0 Å². The van der Waals surface area contributed by atoms with Crippen molar-refractivity contribution in [3.63, 3.8) is 0 Å². The normalized spacial score (nSPS) is 11.3. The molecule has 156 valence electrons. The summed E-state index contributed by atoms with van der Waals surface area (Å²) in [6.07, 6.45) is 1.63. The standard InChI is InChI=1S/C23H20N4O3S/c1-14-4-6-19(7-5-14)26-15(2)10-18(16(26)3)13-24-25-23(28)22-12-17-11-20(27(29)30)8-9-21(17)31-22/h4-13H,1-3H3,(H,25,28). The van der Waals surface area contributed by atoms with Crippen molar-refractivity contribution in [3.05, 3.63) is 92.1 Å². The second-order valence-electron chi connectivity index (χ2n) is 7.29. The van der Waals surface area contributed by atoms with Gasteiger partial charge in [0, 0.05) is 44.9 Å². The van der Waals surface area contributed by atoms with Crippen molar-refractivity contribution in [2.45, 2.75) is 20.8 Å². The van der Waals surface area contributed by atoms with Gasteiger partial charge in [-0.2, -0.15) is 5.10 Å². The monoisotopic (exact) mass is 432 g/mol. The average molecular weight is 433 g/mol. The molecule has 0 spiro atoms. The Hall–Kier alpha value is -3.78. The molecule has 0 aliphatic heterocycles. The van der Waals surface area contributed by atoms with Crippen molar-refractivity contribution < 1.29 is 9.72 Å². The van der Waals surface area contributed by atoms with E-state index in [9.17, 15) is 14.9 Å². The number of hydrogen-bond acceptors (Lipinski definition) is 5. The second-order valence-corrected chi connectivity index (χ2v) is 8.37. The Labute approximate surface area is 182 Å². The van der Waals surface area contributed by atoms with Crippen LogP contribution in [0.1, 0.15) is 32.2 Å². The van der Waals surface area contributed by atoms with Gasteiger partial charge in [-0.05, 0) is 51.1 Å². The van der Waals surface area contributed by atoms with Crippen LogP contribution in [-0.4, -0.2) is 21.6 Å². The number of hydrogen-bond donors (Lipinski definition) is 1. The van der Waals surface area contributed by atoms with Crippen LogP contribution >= 0.6 is 11.3 Å². The molecule has 1 N–H and O–H groups in total. The summed E-state index contributed by atoms with van der Waals surface area (Å²) in [5.74, 6) is -0.354. The van der Waals surface area contributed by atoms with Gasteiger partial charge in [0.1, 0.15) is 0 Å². The Kier molecular flexibility index (Phi) is 5.39. The minimum absolute atomic E-state index is 0.000729. The first-order valence-corrected chi connectivity index (χ1v) is 10.4. The highest BCUT2D eigenvalue weighted by atomic mass is 32.1. The molecule has 0 fully saturated rings. The zero-order valence-electron chi connectivity index (χ0n) is 17.2. The lowest BCUT2D eigenvalue weighted by Gasteiger charge is -2.09. The molecule has 0 atom stereocenters. The molecule has 7 nitrogen and oxygen atoms in total. The number of carbonyl (C=O) groups excluding carboxylic acids is 1. The molecule has 2 aromatic carbocycles. The van der Waals surface area contributed by atoms with Crippen LogP contribution in [0.2, 0.25) is 0 Å². The zero-order valence-corrected chi connectivity index (χ0v) is 18.1. The maximum Gasteiger partial charge on any atom is 0.281 e. The van der Waals surface area contributed by atoms with E-state index in [1.54, 1.807) is 18.3 Å². The van der Waals surface area contributed by atoms with Crippen LogP contribution in [0.15, 0.2) is 59.7 Å². The van der Waals surface area contributed by atoms with E-state index >= 15 is 0 Å². The molecule has 4 rings (SSSR count). The molecule has 0 radical (unpaired) electrons. The highest BCUT2D eigenvalue weighted by molar-refractivity contribution is 7.20. The molecule has 2 aromatic heterocycles. The Bertz CT molecular complexity index is 1330. The van der Waals surface area contributed by atoms with E-state index in [1.165, 1.54) is 29.0 Å².